The Morgan fingerprint density at radius 3 is 2.24 bits per heavy atom. The van der Waals surface area contributed by atoms with Crippen LogP contribution in [0.1, 0.15) is 45.9 Å². The minimum absolute atomic E-state index is 0.0657. The average molecular weight is 580 g/mol. The first-order valence-corrected chi connectivity index (χ1v) is 13.9. The molecule has 222 valence electrons. The number of amides is 1. The zero-order chi connectivity index (χ0) is 30.1. The van der Waals surface area contributed by atoms with Gasteiger partial charge in [0.15, 0.2) is 5.78 Å². The van der Waals surface area contributed by atoms with Gasteiger partial charge in [0.1, 0.15) is 36.0 Å². The molecule has 2 saturated heterocycles. The maximum atomic E-state index is 13.4. The molecule has 0 bridgehead atoms. The zero-order valence-electron chi connectivity index (χ0n) is 23.0. The van der Waals surface area contributed by atoms with Gasteiger partial charge in [0.2, 0.25) is 5.91 Å². The molecule has 7 atom stereocenters. The number of benzene rings is 3. The lowest BCUT2D eigenvalue weighted by Crippen LogP contribution is -2.59. The summed E-state index contributed by atoms with van der Waals surface area (Å²) in [5.41, 5.74) is 3.07. The van der Waals surface area contributed by atoms with E-state index in [1.807, 2.05) is 31.2 Å². The van der Waals surface area contributed by atoms with Crippen molar-refractivity contribution in [1.29, 1.82) is 0 Å². The molecular weight excluding hydrogens is 545 g/mol. The van der Waals surface area contributed by atoms with Gasteiger partial charge in [-0.1, -0.05) is 29.8 Å². The van der Waals surface area contributed by atoms with Crippen LogP contribution in [0.3, 0.4) is 0 Å². The number of phenols is 1. The Balaban J connectivity index is 1.38. The summed E-state index contributed by atoms with van der Waals surface area (Å²) >= 11 is 0. The molecule has 2 aliphatic rings. The topological polar surface area (TPSA) is 148 Å². The third-order valence-corrected chi connectivity index (χ3v) is 8.22. The Hall–Kier alpha value is -3.67. The number of aryl methyl sites for hydroxylation is 1. The number of aliphatic hydroxyl groups is 4. The Bertz CT molecular complexity index is 1430. The summed E-state index contributed by atoms with van der Waals surface area (Å²) in [6.07, 6.45) is -5.98. The summed E-state index contributed by atoms with van der Waals surface area (Å²) in [5, 5.41) is 51.2. The van der Waals surface area contributed by atoms with Crippen molar-refractivity contribution in [2.24, 2.45) is 5.92 Å². The third-order valence-electron chi connectivity index (χ3n) is 8.22. The van der Waals surface area contributed by atoms with Crippen LogP contribution in [0.2, 0.25) is 0 Å². The van der Waals surface area contributed by atoms with Crippen molar-refractivity contribution in [3.05, 3.63) is 94.8 Å². The van der Waals surface area contributed by atoms with E-state index >= 15 is 0 Å². The van der Waals surface area contributed by atoms with Gasteiger partial charge in [-0.3, -0.25) is 9.59 Å². The van der Waals surface area contributed by atoms with Crippen molar-refractivity contribution in [2.45, 2.75) is 62.7 Å². The molecular formula is C32H34FNO8. The van der Waals surface area contributed by atoms with E-state index < -0.39 is 54.9 Å². The molecule has 10 heteroatoms. The van der Waals surface area contributed by atoms with E-state index in [9.17, 15) is 39.5 Å². The van der Waals surface area contributed by atoms with Gasteiger partial charge in [-0.15, -0.1) is 0 Å². The second-order valence-electron chi connectivity index (χ2n) is 11.0. The van der Waals surface area contributed by atoms with Gasteiger partial charge in [-0.25, -0.2) is 4.39 Å². The Morgan fingerprint density at radius 1 is 0.929 bits per heavy atom. The minimum atomic E-state index is -1.50. The van der Waals surface area contributed by atoms with Crippen molar-refractivity contribution < 1.29 is 44.2 Å². The van der Waals surface area contributed by atoms with Gasteiger partial charge in [0.25, 0.3) is 0 Å². The predicted molar refractivity (Wildman–Crippen MR) is 150 cm³/mol. The van der Waals surface area contributed by atoms with E-state index in [1.54, 1.807) is 17.0 Å². The molecule has 0 spiro atoms. The van der Waals surface area contributed by atoms with E-state index in [2.05, 4.69) is 0 Å². The standard InChI is InChI=1S/C32H34FNO8/c1-17-2-9-21(10-3-17)34-28(23(32(34)41)12-13-24(36)19-5-7-20(33)8-6-19)22-11-4-18(14-25(22)37)15-26-29(38)31(40)30(39)27(16-35)42-26/h2-11,14,23,26-31,35,37-40H,12-13,15-16H2,1H3/t23-,26+,27?,28-,29?,30-,31-/m1/s1. The number of ether oxygens (including phenoxy) is 1. The largest absolute Gasteiger partial charge is 0.508 e. The first-order chi connectivity index (χ1) is 20.1. The van der Waals surface area contributed by atoms with E-state index in [0.29, 0.717) is 22.4 Å². The van der Waals surface area contributed by atoms with Crippen LogP contribution in [0.5, 0.6) is 5.75 Å². The SMILES string of the molecule is Cc1ccc(N2C(=O)[C@H](CCC(=O)c3ccc(F)cc3)[C@H]2c2ccc(C[C@@H]3OC(CO)[C@@H](O)[C@H](O)C3O)cc2O)cc1. The lowest BCUT2D eigenvalue weighted by molar-refractivity contribution is -0.228. The summed E-state index contributed by atoms with van der Waals surface area (Å²) in [7, 11) is 0. The van der Waals surface area contributed by atoms with Gasteiger partial charge in [0, 0.05) is 29.7 Å². The van der Waals surface area contributed by atoms with Crippen LogP contribution in [0.4, 0.5) is 10.1 Å². The van der Waals surface area contributed by atoms with Crippen LogP contribution in [0.25, 0.3) is 0 Å². The maximum absolute atomic E-state index is 13.4. The molecule has 2 heterocycles. The van der Waals surface area contributed by atoms with Crippen LogP contribution in [0.15, 0.2) is 66.7 Å². The van der Waals surface area contributed by atoms with Gasteiger partial charge < -0.3 is 35.2 Å². The minimum Gasteiger partial charge on any atom is -0.508 e. The number of phenolic OH excluding ortho intramolecular Hbond substituents is 1. The highest BCUT2D eigenvalue weighted by molar-refractivity contribution is 6.04. The Kier molecular flexibility index (Phi) is 8.72. The van der Waals surface area contributed by atoms with Crippen molar-refractivity contribution >= 4 is 17.4 Å². The number of aliphatic hydroxyl groups excluding tert-OH is 4. The van der Waals surface area contributed by atoms with Crippen molar-refractivity contribution in [2.75, 3.05) is 11.5 Å². The van der Waals surface area contributed by atoms with Gasteiger partial charge >= 0.3 is 0 Å². The zero-order valence-corrected chi connectivity index (χ0v) is 23.0. The summed E-state index contributed by atoms with van der Waals surface area (Å²) in [6, 6.07) is 17.0. The third kappa shape index (κ3) is 5.81. The lowest BCUT2D eigenvalue weighted by atomic mass is 9.77. The molecule has 0 aliphatic carbocycles. The highest BCUT2D eigenvalue weighted by Gasteiger charge is 2.49. The summed E-state index contributed by atoms with van der Waals surface area (Å²) in [5.74, 6) is -1.52. The van der Waals surface area contributed by atoms with Crippen molar-refractivity contribution in [1.82, 2.24) is 0 Å². The second kappa shape index (κ2) is 12.3. The number of nitrogens with zero attached hydrogens (tertiary/aromatic N) is 1. The molecule has 1 amide bonds. The van der Waals surface area contributed by atoms with Crippen molar-refractivity contribution in [3.8, 4) is 5.75 Å². The molecule has 0 saturated carbocycles. The van der Waals surface area contributed by atoms with E-state index in [1.165, 1.54) is 30.3 Å². The number of Topliss-reactive ketones (excluding diaryl/α,β-unsaturated/α-hetero) is 1. The molecule has 5 N–H and O–H groups in total. The highest BCUT2D eigenvalue weighted by atomic mass is 19.1. The molecule has 2 unspecified atom stereocenters. The number of hydrogen-bond acceptors (Lipinski definition) is 8. The van der Waals surface area contributed by atoms with E-state index in [-0.39, 0.29) is 36.7 Å². The molecule has 3 aromatic rings. The highest BCUT2D eigenvalue weighted by Crippen LogP contribution is 2.48. The number of rotatable bonds is 9. The average Bonchev–Trinajstić information content (AvgIpc) is 2.98. The molecule has 9 nitrogen and oxygen atoms in total. The maximum Gasteiger partial charge on any atom is 0.233 e. The van der Waals surface area contributed by atoms with Gasteiger partial charge in [-0.05, 0) is 61.4 Å². The van der Waals surface area contributed by atoms with Gasteiger partial charge in [0.05, 0.1) is 24.7 Å². The Morgan fingerprint density at radius 2 is 1.60 bits per heavy atom. The fourth-order valence-corrected chi connectivity index (χ4v) is 5.79. The normalized spacial score (nSPS) is 27.5. The fourth-order valence-electron chi connectivity index (χ4n) is 5.79. The fraction of sp³-hybridized carbons (Fsp3) is 0.375. The van der Waals surface area contributed by atoms with Crippen LogP contribution in [-0.4, -0.2) is 74.3 Å². The number of halogens is 1. The number of hydrogen-bond donors (Lipinski definition) is 5. The summed E-state index contributed by atoms with van der Waals surface area (Å²) < 4.78 is 18.9. The van der Waals surface area contributed by atoms with Crippen LogP contribution in [0, 0.1) is 18.7 Å². The number of carbonyl (C=O) groups is 2. The molecule has 5 rings (SSSR count). The first-order valence-electron chi connectivity index (χ1n) is 13.9. The van der Waals surface area contributed by atoms with E-state index in [4.69, 9.17) is 4.74 Å². The lowest BCUT2D eigenvalue weighted by Gasteiger charge is -2.48. The number of aromatic hydroxyl groups is 1. The molecule has 0 radical (unpaired) electrons. The smallest absolute Gasteiger partial charge is 0.233 e. The molecule has 3 aromatic carbocycles. The predicted octanol–water partition coefficient (Wildman–Crippen LogP) is 2.59. The number of carbonyl (C=O) groups excluding carboxylic acids is 2. The molecule has 42 heavy (non-hydrogen) atoms. The summed E-state index contributed by atoms with van der Waals surface area (Å²) in [4.78, 5) is 27.8. The monoisotopic (exact) mass is 579 g/mol. The van der Waals surface area contributed by atoms with Crippen LogP contribution >= 0.6 is 0 Å². The second-order valence-corrected chi connectivity index (χ2v) is 11.0. The quantitative estimate of drug-likeness (QED) is 0.192. The van der Waals surface area contributed by atoms with Crippen LogP contribution < -0.4 is 4.90 Å². The molecule has 0 aromatic heterocycles. The number of ketones is 1. The number of β-lactam (4-membered cyclic amide) rings is 1. The Labute approximate surface area is 242 Å². The van der Waals surface area contributed by atoms with Crippen LogP contribution in [-0.2, 0) is 16.0 Å². The summed E-state index contributed by atoms with van der Waals surface area (Å²) in [6.45, 7) is 1.39. The van der Waals surface area contributed by atoms with Gasteiger partial charge in [-0.2, -0.15) is 0 Å². The molecule has 2 aliphatic heterocycles. The number of anilines is 1. The van der Waals surface area contributed by atoms with Crippen molar-refractivity contribution in [3.63, 3.8) is 0 Å². The molecule has 2 fully saturated rings. The first kappa shape index (κ1) is 29.8. The van der Waals surface area contributed by atoms with E-state index in [0.717, 1.165) is 5.56 Å².